The van der Waals surface area contributed by atoms with Crippen LogP contribution >= 0.6 is 46.6 Å². The maximum atomic E-state index is 13.1. The van der Waals surface area contributed by atoms with Gasteiger partial charge >= 0.3 is 0 Å². The molecule has 0 saturated heterocycles. The Morgan fingerprint density at radius 3 is 2.83 bits per heavy atom. The Morgan fingerprint density at radius 2 is 2.17 bits per heavy atom. The van der Waals surface area contributed by atoms with E-state index < -0.39 is 0 Å². The predicted octanol–water partition coefficient (Wildman–Crippen LogP) is 3.93. The lowest BCUT2D eigenvalue weighted by atomic mass is 10.3. The van der Waals surface area contributed by atoms with Gasteiger partial charge in [-0.3, -0.25) is 0 Å². The Balaban J connectivity index is 2.95. The van der Waals surface area contributed by atoms with Gasteiger partial charge in [-0.05, 0) is 28.7 Å². The maximum absolute atomic E-state index is 13.1. The third kappa shape index (κ3) is 1.25. The minimum Gasteiger partial charge on any atom is -0.194 e. The number of hydrogen-bond donors (Lipinski definition) is 1. The summed E-state index contributed by atoms with van der Waals surface area (Å²) >= 11 is 7.42. The van der Waals surface area contributed by atoms with Crippen molar-refractivity contribution in [1.29, 1.82) is 0 Å². The fraction of sp³-hybridized carbons (Fsp3) is 0. The summed E-state index contributed by atoms with van der Waals surface area (Å²) in [4.78, 5) is 0.847. The molecule has 12 heavy (non-hydrogen) atoms. The molecule has 1 aromatic heterocycles. The van der Waals surface area contributed by atoms with E-state index in [1.54, 1.807) is 0 Å². The van der Waals surface area contributed by atoms with Gasteiger partial charge in [0.2, 0.25) is 0 Å². The van der Waals surface area contributed by atoms with Crippen molar-refractivity contribution in [2.45, 2.75) is 4.90 Å². The molecule has 2 rings (SSSR count). The van der Waals surface area contributed by atoms with E-state index in [-0.39, 0.29) is 5.13 Å². The molecule has 0 unspecified atom stereocenters. The van der Waals surface area contributed by atoms with Gasteiger partial charge < -0.3 is 0 Å². The Labute approximate surface area is 92.3 Å². The first-order valence-electron chi connectivity index (χ1n) is 3.25. The topological polar surface area (TPSA) is 0 Å². The van der Waals surface area contributed by atoms with Gasteiger partial charge in [0.15, 0.2) is 5.13 Å². The molecule has 1 aromatic carbocycles. The highest BCUT2D eigenvalue weighted by molar-refractivity contribution is 14.1. The first kappa shape index (κ1) is 8.77. The van der Waals surface area contributed by atoms with Crippen LogP contribution in [0.25, 0.3) is 10.1 Å². The molecule has 0 nitrogen and oxygen atoms in total. The molecule has 2 aromatic rings. The highest BCUT2D eigenvalue weighted by Crippen LogP contribution is 2.34. The lowest BCUT2D eigenvalue weighted by Gasteiger charge is -1.91. The molecule has 0 radical (unpaired) electrons. The first-order chi connectivity index (χ1) is 5.70. The molecule has 4 heteroatoms. The van der Waals surface area contributed by atoms with E-state index in [4.69, 9.17) is 0 Å². The lowest BCUT2D eigenvalue weighted by Crippen LogP contribution is -1.69. The average Bonchev–Trinajstić information content (AvgIpc) is 2.32. The Morgan fingerprint density at radius 1 is 1.42 bits per heavy atom. The standard InChI is InChI=1S/C8H4FIS2/c9-8-6(10)4-2-1-3-5(11)7(4)12-8/h1-3,11H. The molecule has 1 heterocycles. The van der Waals surface area contributed by atoms with Crippen LogP contribution in [0.2, 0.25) is 0 Å². The summed E-state index contributed by atoms with van der Waals surface area (Å²) in [5, 5.41) is 0.845. The molecule has 0 bridgehead atoms. The summed E-state index contributed by atoms with van der Waals surface area (Å²) in [7, 11) is 0. The van der Waals surface area contributed by atoms with Crippen LogP contribution in [0.5, 0.6) is 0 Å². The van der Waals surface area contributed by atoms with Crippen molar-refractivity contribution in [3.8, 4) is 0 Å². The predicted molar refractivity (Wildman–Crippen MR) is 61.8 cm³/mol. The zero-order chi connectivity index (χ0) is 8.72. The zero-order valence-corrected chi connectivity index (χ0v) is 9.71. The number of benzene rings is 1. The van der Waals surface area contributed by atoms with E-state index in [0.29, 0.717) is 3.57 Å². The maximum Gasteiger partial charge on any atom is 0.191 e. The summed E-state index contributed by atoms with van der Waals surface area (Å²) < 4.78 is 14.7. The summed E-state index contributed by atoms with van der Waals surface area (Å²) in [6.07, 6.45) is 0. The second-order valence-corrected chi connectivity index (χ2v) is 4.87. The molecule has 0 spiro atoms. The van der Waals surface area contributed by atoms with E-state index in [1.807, 2.05) is 40.8 Å². The van der Waals surface area contributed by atoms with E-state index in [0.717, 1.165) is 26.3 Å². The van der Waals surface area contributed by atoms with E-state index in [9.17, 15) is 4.39 Å². The van der Waals surface area contributed by atoms with Crippen molar-refractivity contribution < 1.29 is 4.39 Å². The minimum atomic E-state index is -0.118. The SMILES string of the molecule is Fc1sc2c(S)cccc2c1I. The van der Waals surface area contributed by atoms with E-state index >= 15 is 0 Å². The number of rotatable bonds is 0. The van der Waals surface area contributed by atoms with Gasteiger partial charge in [0.1, 0.15) is 0 Å². The van der Waals surface area contributed by atoms with Crippen molar-refractivity contribution in [3.05, 3.63) is 26.9 Å². The molecule has 0 amide bonds. The third-order valence-corrected chi connectivity index (χ3v) is 4.57. The van der Waals surface area contributed by atoms with Gasteiger partial charge in [-0.25, -0.2) is 0 Å². The van der Waals surface area contributed by atoms with Gasteiger partial charge in [0, 0.05) is 10.3 Å². The van der Waals surface area contributed by atoms with Gasteiger partial charge in [-0.1, -0.05) is 12.1 Å². The summed E-state index contributed by atoms with van der Waals surface area (Å²) in [5.74, 6) is 0. The van der Waals surface area contributed by atoms with Crippen molar-refractivity contribution in [2.24, 2.45) is 0 Å². The molecular formula is C8H4FIS2. The van der Waals surface area contributed by atoms with Crippen molar-refractivity contribution >= 4 is 56.6 Å². The lowest BCUT2D eigenvalue weighted by molar-refractivity contribution is 0.652. The molecule has 0 N–H and O–H groups in total. The molecule has 0 aliphatic heterocycles. The van der Waals surface area contributed by atoms with Crippen LogP contribution in [0.4, 0.5) is 4.39 Å². The van der Waals surface area contributed by atoms with Gasteiger partial charge in [0.25, 0.3) is 0 Å². The first-order valence-corrected chi connectivity index (χ1v) is 5.60. The molecule has 0 fully saturated rings. The average molecular weight is 310 g/mol. The smallest absolute Gasteiger partial charge is 0.191 e. The highest BCUT2D eigenvalue weighted by atomic mass is 127. The van der Waals surface area contributed by atoms with Crippen molar-refractivity contribution in [2.75, 3.05) is 0 Å². The van der Waals surface area contributed by atoms with Crippen molar-refractivity contribution in [1.82, 2.24) is 0 Å². The largest absolute Gasteiger partial charge is 0.194 e. The molecule has 0 saturated carbocycles. The Hall–Kier alpha value is 0.190. The van der Waals surface area contributed by atoms with Crippen LogP contribution in [0.3, 0.4) is 0 Å². The third-order valence-electron chi connectivity index (χ3n) is 1.59. The molecule has 62 valence electrons. The molecular weight excluding hydrogens is 306 g/mol. The summed E-state index contributed by atoms with van der Waals surface area (Å²) in [5.41, 5.74) is 0. The van der Waals surface area contributed by atoms with Gasteiger partial charge in [-0.2, -0.15) is 4.39 Å². The highest BCUT2D eigenvalue weighted by Gasteiger charge is 2.09. The van der Waals surface area contributed by atoms with Crippen LogP contribution in [0.15, 0.2) is 23.1 Å². The number of thiol groups is 1. The quantitative estimate of drug-likeness (QED) is 0.553. The second-order valence-electron chi connectivity index (χ2n) is 2.34. The second kappa shape index (κ2) is 3.16. The van der Waals surface area contributed by atoms with Gasteiger partial charge in [-0.15, -0.1) is 24.0 Å². The van der Waals surface area contributed by atoms with E-state index in [1.165, 1.54) is 0 Å². The van der Waals surface area contributed by atoms with Crippen molar-refractivity contribution in [3.63, 3.8) is 0 Å². The Bertz CT molecular complexity index is 436. The number of thiophene rings is 1. The Kier molecular flexibility index (Phi) is 2.31. The number of fused-ring (bicyclic) bond motifs is 1. The number of hydrogen-bond acceptors (Lipinski definition) is 2. The summed E-state index contributed by atoms with van der Waals surface area (Å²) in [6, 6.07) is 5.67. The van der Waals surface area contributed by atoms with Gasteiger partial charge in [0.05, 0.1) is 8.27 Å². The molecule has 0 aliphatic rings. The number of halogens is 2. The van der Waals surface area contributed by atoms with Crippen LogP contribution in [0.1, 0.15) is 0 Å². The monoisotopic (exact) mass is 310 g/mol. The summed E-state index contributed by atoms with van der Waals surface area (Å²) in [6.45, 7) is 0. The van der Waals surface area contributed by atoms with Crippen LogP contribution in [-0.4, -0.2) is 0 Å². The van der Waals surface area contributed by atoms with Crippen LogP contribution in [0, 0.1) is 8.70 Å². The fourth-order valence-electron chi connectivity index (χ4n) is 1.05. The van der Waals surface area contributed by atoms with E-state index in [2.05, 4.69) is 12.6 Å². The molecule has 0 atom stereocenters. The minimum absolute atomic E-state index is 0.118. The zero-order valence-electron chi connectivity index (χ0n) is 5.84. The van der Waals surface area contributed by atoms with Crippen LogP contribution < -0.4 is 0 Å². The fourth-order valence-corrected chi connectivity index (χ4v) is 3.18. The molecule has 0 aliphatic carbocycles. The normalized spacial score (nSPS) is 10.9. The van der Waals surface area contributed by atoms with Crippen LogP contribution in [-0.2, 0) is 0 Å².